The van der Waals surface area contributed by atoms with Crippen LogP contribution in [0.4, 0.5) is 0 Å². The first-order valence-corrected chi connectivity index (χ1v) is 5.03. The molecule has 0 spiro atoms. The summed E-state index contributed by atoms with van der Waals surface area (Å²) in [7, 11) is -3.33. The lowest BCUT2D eigenvalue weighted by Crippen LogP contribution is -2.14. The average Bonchev–Trinajstić information content (AvgIpc) is 2.55. The van der Waals surface area contributed by atoms with Crippen LogP contribution >= 0.6 is 0 Å². The van der Waals surface area contributed by atoms with Gasteiger partial charge in [0.25, 0.3) is 0 Å². The van der Waals surface area contributed by atoms with Gasteiger partial charge in [0.05, 0.1) is 11.5 Å². The third-order valence-electron chi connectivity index (χ3n) is 1.60. The van der Waals surface area contributed by atoms with Crippen molar-refractivity contribution in [2.75, 3.05) is 0 Å². The molecule has 0 aromatic carbocycles. The van der Waals surface area contributed by atoms with Gasteiger partial charge in [-0.15, -0.1) is 6.58 Å². The summed E-state index contributed by atoms with van der Waals surface area (Å²) in [6.45, 7) is 4.98. The van der Waals surface area contributed by atoms with E-state index >= 15 is 0 Å². The van der Waals surface area contributed by atoms with E-state index in [9.17, 15) is 8.42 Å². The SMILES string of the molecule is C=CC(C)S(=O)(=O)c1ccco1. The van der Waals surface area contributed by atoms with Gasteiger partial charge in [0, 0.05) is 0 Å². The smallest absolute Gasteiger partial charge is 0.218 e. The fraction of sp³-hybridized carbons (Fsp3) is 0.250. The second-order valence-electron chi connectivity index (χ2n) is 2.42. The van der Waals surface area contributed by atoms with Gasteiger partial charge in [-0.3, -0.25) is 0 Å². The molecule has 3 nitrogen and oxygen atoms in total. The molecule has 0 saturated heterocycles. The van der Waals surface area contributed by atoms with Gasteiger partial charge in [0.1, 0.15) is 0 Å². The van der Waals surface area contributed by atoms with Gasteiger partial charge in [-0.05, 0) is 19.1 Å². The standard InChI is InChI=1S/C8H10O3S/c1-3-7(2)12(9,10)8-5-4-6-11-8/h3-7H,1H2,2H3. The zero-order valence-corrected chi connectivity index (χ0v) is 7.54. The zero-order chi connectivity index (χ0) is 9.19. The second-order valence-corrected chi connectivity index (χ2v) is 4.65. The molecule has 0 aliphatic heterocycles. The number of furan rings is 1. The number of rotatable bonds is 3. The Bertz CT molecular complexity index is 348. The van der Waals surface area contributed by atoms with Gasteiger partial charge in [0.15, 0.2) is 0 Å². The molecule has 1 rings (SSSR count). The lowest BCUT2D eigenvalue weighted by atomic mass is 10.5. The molecule has 1 unspecified atom stereocenters. The molecule has 1 aromatic rings. The van der Waals surface area contributed by atoms with Crippen LogP contribution in [0.15, 0.2) is 40.6 Å². The third-order valence-corrected chi connectivity index (χ3v) is 3.56. The molecule has 0 aliphatic rings. The van der Waals surface area contributed by atoms with Crippen LogP contribution < -0.4 is 0 Å². The summed E-state index contributed by atoms with van der Waals surface area (Å²) in [5, 5.41) is -0.612. The minimum atomic E-state index is -3.33. The van der Waals surface area contributed by atoms with Gasteiger partial charge in [-0.2, -0.15) is 0 Å². The highest BCUT2D eigenvalue weighted by atomic mass is 32.2. The fourth-order valence-electron chi connectivity index (χ4n) is 0.735. The Morgan fingerprint density at radius 3 is 2.75 bits per heavy atom. The molecule has 4 heteroatoms. The largest absolute Gasteiger partial charge is 0.453 e. The van der Waals surface area contributed by atoms with Crippen molar-refractivity contribution in [1.29, 1.82) is 0 Å². The topological polar surface area (TPSA) is 47.3 Å². The fourth-order valence-corrected chi connectivity index (χ4v) is 1.81. The highest BCUT2D eigenvalue weighted by Crippen LogP contribution is 2.16. The van der Waals surface area contributed by atoms with Gasteiger partial charge < -0.3 is 4.42 Å². The lowest BCUT2D eigenvalue weighted by molar-refractivity contribution is 0.448. The number of hydrogen-bond donors (Lipinski definition) is 0. The van der Waals surface area contributed by atoms with E-state index in [1.165, 1.54) is 18.4 Å². The molecule has 66 valence electrons. The van der Waals surface area contributed by atoms with Crippen molar-refractivity contribution in [2.45, 2.75) is 17.3 Å². The van der Waals surface area contributed by atoms with Gasteiger partial charge in [0.2, 0.25) is 14.9 Å². The third kappa shape index (κ3) is 1.43. The first-order chi connectivity index (χ1) is 5.59. The van der Waals surface area contributed by atoms with Crippen molar-refractivity contribution in [3.05, 3.63) is 31.1 Å². The summed E-state index contributed by atoms with van der Waals surface area (Å²) >= 11 is 0. The molecule has 12 heavy (non-hydrogen) atoms. The summed E-state index contributed by atoms with van der Waals surface area (Å²) in [5.41, 5.74) is 0. The minimum Gasteiger partial charge on any atom is -0.453 e. The molecule has 1 heterocycles. The Labute approximate surface area is 71.6 Å². The van der Waals surface area contributed by atoms with E-state index in [1.54, 1.807) is 13.0 Å². The maximum atomic E-state index is 11.5. The predicted octanol–water partition coefficient (Wildman–Crippen LogP) is 1.63. The summed E-state index contributed by atoms with van der Waals surface area (Å²) < 4.78 is 27.7. The van der Waals surface area contributed by atoms with Crippen molar-refractivity contribution >= 4 is 9.84 Å². The van der Waals surface area contributed by atoms with E-state index in [-0.39, 0.29) is 5.09 Å². The molecule has 1 aromatic heterocycles. The van der Waals surface area contributed by atoms with Crippen molar-refractivity contribution in [3.63, 3.8) is 0 Å². The number of sulfone groups is 1. The van der Waals surface area contributed by atoms with Crippen LogP contribution in [-0.2, 0) is 9.84 Å². The Hall–Kier alpha value is -1.03. The van der Waals surface area contributed by atoms with Crippen LogP contribution in [0.1, 0.15) is 6.92 Å². The van der Waals surface area contributed by atoms with Gasteiger partial charge in [-0.1, -0.05) is 6.08 Å². The summed E-state index contributed by atoms with van der Waals surface area (Å²) in [6.07, 6.45) is 2.71. The molecular weight excluding hydrogens is 176 g/mol. The summed E-state index contributed by atoms with van der Waals surface area (Å²) in [5.74, 6) is 0. The Morgan fingerprint density at radius 2 is 2.33 bits per heavy atom. The molecule has 0 N–H and O–H groups in total. The van der Waals surface area contributed by atoms with E-state index in [4.69, 9.17) is 4.42 Å². The predicted molar refractivity (Wildman–Crippen MR) is 45.6 cm³/mol. The lowest BCUT2D eigenvalue weighted by Gasteiger charge is -2.03. The van der Waals surface area contributed by atoms with Crippen LogP contribution in [0, 0.1) is 0 Å². The van der Waals surface area contributed by atoms with Crippen molar-refractivity contribution in [1.82, 2.24) is 0 Å². The molecule has 0 fully saturated rings. The van der Waals surface area contributed by atoms with E-state index < -0.39 is 15.1 Å². The van der Waals surface area contributed by atoms with Crippen LogP contribution in [0.3, 0.4) is 0 Å². The van der Waals surface area contributed by atoms with Crippen molar-refractivity contribution in [3.8, 4) is 0 Å². The van der Waals surface area contributed by atoms with Gasteiger partial charge in [-0.25, -0.2) is 8.42 Å². The summed E-state index contributed by atoms with van der Waals surface area (Å²) in [4.78, 5) is 0. The molecule has 0 amide bonds. The Balaban J connectivity index is 3.11. The monoisotopic (exact) mass is 186 g/mol. The quantitative estimate of drug-likeness (QED) is 0.674. The normalized spacial score (nSPS) is 14.1. The van der Waals surface area contributed by atoms with Crippen LogP contribution in [-0.4, -0.2) is 13.7 Å². The Kier molecular flexibility index (Phi) is 2.38. The maximum absolute atomic E-state index is 11.5. The van der Waals surface area contributed by atoms with E-state index in [1.807, 2.05) is 0 Å². The average molecular weight is 186 g/mol. The van der Waals surface area contributed by atoms with Crippen molar-refractivity contribution in [2.24, 2.45) is 0 Å². The Morgan fingerprint density at radius 1 is 1.67 bits per heavy atom. The zero-order valence-electron chi connectivity index (χ0n) is 6.73. The highest BCUT2D eigenvalue weighted by molar-refractivity contribution is 7.92. The molecule has 0 radical (unpaired) electrons. The molecule has 0 bridgehead atoms. The second kappa shape index (κ2) is 3.15. The number of hydrogen-bond acceptors (Lipinski definition) is 3. The minimum absolute atomic E-state index is 0.00472. The van der Waals surface area contributed by atoms with Crippen LogP contribution in [0.5, 0.6) is 0 Å². The van der Waals surface area contributed by atoms with Crippen LogP contribution in [0.25, 0.3) is 0 Å². The van der Waals surface area contributed by atoms with E-state index in [0.717, 1.165) is 0 Å². The van der Waals surface area contributed by atoms with Crippen molar-refractivity contribution < 1.29 is 12.8 Å². The first-order valence-electron chi connectivity index (χ1n) is 3.49. The van der Waals surface area contributed by atoms with E-state index in [2.05, 4.69) is 6.58 Å². The first kappa shape index (κ1) is 9.06. The van der Waals surface area contributed by atoms with E-state index in [0.29, 0.717) is 0 Å². The highest BCUT2D eigenvalue weighted by Gasteiger charge is 2.22. The molecule has 0 saturated carbocycles. The molecular formula is C8H10O3S. The van der Waals surface area contributed by atoms with Gasteiger partial charge >= 0.3 is 0 Å². The molecule has 1 atom stereocenters. The maximum Gasteiger partial charge on any atom is 0.218 e. The molecule has 0 aliphatic carbocycles. The summed E-state index contributed by atoms with van der Waals surface area (Å²) in [6, 6.07) is 2.97. The van der Waals surface area contributed by atoms with Crippen LogP contribution in [0.2, 0.25) is 0 Å².